The van der Waals surface area contributed by atoms with Crippen molar-refractivity contribution in [3.8, 4) is 0 Å². The van der Waals surface area contributed by atoms with Gasteiger partial charge in [0.05, 0.1) is 19.2 Å². The molecule has 5 nitrogen and oxygen atoms in total. The number of hydrogen-bond acceptors (Lipinski definition) is 4. The second kappa shape index (κ2) is 9.66. The summed E-state index contributed by atoms with van der Waals surface area (Å²) in [6, 6.07) is 7.16. The minimum atomic E-state index is -0.245. The molecule has 0 aliphatic carbocycles. The first-order chi connectivity index (χ1) is 9.63. The number of carbonyl (C=O) groups is 2. The molecule has 0 aromatic heterocycles. The van der Waals surface area contributed by atoms with Crippen LogP contribution in [0.3, 0.4) is 0 Å². The zero-order chi connectivity index (χ0) is 14.8. The van der Waals surface area contributed by atoms with Crippen LogP contribution in [0.15, 0.2) is 28.7 Å². The molecule has 1 aromatic carbocycles. The predicted octanol–water partition coefficient (Wildman–Crippen LogP) is 2.87. The topological polar surface area (TPSA) is 67.4 Å². The van der Waals surface area contributed by atoms with Crippen molar-refractivity contribution in [3.05, 3.63) is 28.7 Å². The van der Waals surface area contributed by atoms with Gasteiger partial charge in [0.1, 0.15) is 0 Å². The summed E-state index contributed by atoms with van der Waals surface area (Å²) < 4.78 is 5.37. The maximum absolute atomic E-state index is 11.6. The van der Waals surface area contributed by atoms with Crippen LogP contribution in [-0.4, -0.2) is 37.2 Å². The minimum absolute atomic E-state index is 0.211. The van der Waals surface area contributed by atoms with Crippen LogP contribution in [0.2, 0.25) is 0 Å². The van der Waals surface area contributed by atoms with E-state index in [2.05, 4.69) is 31.3 Å². The molecule has 0 saturated carbocycles. The van der Waals surface area contributed by atoms with Gasteiger partial charge in [-0.25, -0.2) is 4.79 Å². The quantitative estimate of drug-likeness (QED) is 0.579. The number of benzene rings is 1. The number of carbonyl (C=O) groups excluding carboxylic acids is 2. The van der Waals surface area contributed by atoms with Gasteiger partial charge in [-0.05, 0) is 28.1 Å². The molecule has 110 valence electrons. The molecule has 0 fully saturated rings. The Morgan fingerprint density at radius 3 is 2.75 bits per heavy atom. The molecular weight excluding hydrogens is 344 g/mol. The van der Waals surface area contributed by atoms with Crippen molar-refractivity contribution < 1.29 is 14.3 Å². The number of amides is 2. The molecule has 0 unspecified atom stereocenters. The number of halogens is 1. The fourth-order valence-corrected chi connectivity index (χ4v) is 2.47. The zero-order valence-electron chi connectivity index (χ0n) is 11.1. The van der Waals surface area contributed by atoms with Gasteiger partial charge in [0.25, 0.3) is 0 Å². The summed E-state index contributed by atoms with van der Waals surface area (Å²) in [7, 11) is 1.38. The molecule has 1 rings (SSSR count). The molecule has 2 amide bonds. The van der Waals surface area contributed by atoms with Crippen molar-refractivity contribution in [2.45, 2.75) is 6.42 Å². The summed E-state index contributed by atoms with van der Waals surface area (Å²) in [5, 5.41) is 5.50. The first-order valence-corrected chi connectivity index (χ1v) is 8.02. The second-order valence-electron chi connectivity index (χ2n) is 3.80. The van der Waals surface area contributed by atoms with E-state index in [0.29, 0.717) is 18.7 Å². The van der Waals surface area contributed by atoms with E-state index < -0.39 is 0 Å². The monoisotopic (exact) mass is 360 g/mol. The van der Waals surface area contributed by atoms with Crippen LogP contribution >= 0.6 is 27.7 Å². The molecule has 2 N–H and O–H groups in total. The van der Waals surface area contributed by atoms with Crippen molar-refractivity contribution in [1.29, 1.82) is 0 Å². The molecule has 20 heavy (non-hydrogen) atoms. The third kappa shape index (κ3) is 6.81. The molecule has 0 aliphatic heterocycles. The molecule has 0 spiro atoms. The van der Waals surface area contributed by atoms with E-state index in [9.17, 15) is 9.59 Å². The normalized spacial score (nSPS) is 9.90. The minimum Gasteiger partial charge on any atom is -0.469 e. The lowest BCUT2D eigenvalue weighted by Crippen LogP contribution is -2.30. The van der Waals surface area contributed by atoms with E-state index in [1.54, 1.807) is 11.8 Å². The van der Waals surface area contributed by atoms with Crippen LogP contribution < -0.4 is 10.6 Å². The van der Waals surface area contributed by atoms with Gasteiger partial charge in [-0.1, -0.05) is 12.1 Å². The number of methoxy groups -OCH3 is 1. The average molecular weight is 361 g/mol. The first-order valence-electron chi connectivity index (χ1n) is 6.07. The summed E-state index contributed by atoms with van der Waals surface area (Å²) in [6.45, 7) is 0.544. The van der Waals surface area contributed by atoms with Crippen molar-refractivity contribution >= 4 is 45.4 Å². The Kier molecular flexibility index (Phi) is 8.13. The number of esters is 1. The highest BCUT2D eigenvalue weighted by Gasteiger charge is 2.04. The Morgan fingerprint density at radius 2 is 2.05 bits per heavy atom. The van der Waals surface area contributed by atoms with Gasteiger partial charge in [0, 0.05) is 22.5 Å². The number of para-hydroxylation sites is 1. The van der Waals surface area contributed by atoms with Gasteiger partial charge in [-0.2, -0.15) is 11.8 Å². The van der Waals surface area contributed by atoms with Gasteiger partial charge in [0.2, 0.25) is 0 Å². The van der Waals surface area contributed by atoms with Crippen LogP contribution in [0.5, 0.6) is 0 Å². The van der Waals surface area contributed by atoms with Crippen LogP contribution in [0.4, 0.5) is 10.5 Å². The lowest BCUT2D eigenvalue weighted by Gasteiger charge is -2.08. The first kappa shape index (κ1) is 16.8. The van der Waals surface area contributed by atoms with Gasteiger partial charge < -0.3 is 15.4 Å². The summed E-state index contributed by atoms with van der Waals surface area (Å²) in [5.41, 5.74) is 0.725. The van der Waals surface area contributed by atoms with Crippen molar-refractivity contribution in [2.24, 2.45) is 0 Å². The largest absolute Gasteiger partial charge is 0.469 e. The highest BCUT2D eigenvalue weighted by atomic mass is 79.9. The third-order valence-corrected chi connectivity index (χ3v) is 4.01. The number of urea groups is 1. The maximum Gasteiger partial charge on any atom is 0.319 e. The van der Waals surface area contributed by atoms with Gasteiger partial charge in [-0.3, -0.25) is 4.79 Å². The Balaban J connectivity index is 2.12. The average Bonchev–Trinajstić information content (AvgIpc) is 2.44. The number of nitrogens with one attached hydrogen (secondary N) is 2. The fraction of sp³-hybridized carbons (Fsp3) is 0.385. The summed E-state index contributed by atoms with van der Waals surface area (Å²) >= 11 is 4.95. The number of thioether (sulfide) groups is 1. The van der Waals surface area contributed by atoms with Crippen LogP contribution in [0.25, 0.3) is 0 Å². The van der Waals surface area contributed by atoms with E-state index in [1.165, 1.54) is 7.11 Å². The molecule has 0 bridgehead atoms. The highest BCUT2D eigenvalue weighted by molar-refractivity contribution is 9.10. The Labute approximate surface area is 131 Å². The number of ether oxygens (including phenoxy) is 1. The second-order valence-corrected chi connectivity index (χ2v) is 5.88. The Morgan fingerprint density at radius 1 is 1.30 bits per heavy atom. The van der Waals surface area contributed by atoms with E-state index in [1.807, 2.05) is 24.3 Å². The summed E-state index contributed by atoms with van der Waals surface area (Å²) in [6.07, 6.45) is 0.393. The molecule has 0 radical (unpaired) electrons. The smallest absolute Gasteiger partial charge is 0.319 e. The molecule has 0 atom stereocenters. The summed E-state index contributed by atoms with van der Waals surface area (Å²) in [4.78, 5) is 22.5. The van der Waals surface area contributed by atoms with Gasteiger partial charge in [-0.15, -0.1) is 0 Å². The van der Waals surface area contributed by atoms with E-state index in [4.69, 9.17) is 0 Å². The molecular formula is C13H17BrN2O3S. The molecule has 7 heteroatoms. The SMILES string of the molecule is COC(=O)CCSCCNC(=O)Nc1ccccc1Br. The molecule has 1 aromatic rings. The van der Waals surface area contributed by atoms with Gasteiger partial charge >= 0.3 is 12.0 Å². The number of hydrogen-bond donors (Lipinski definition) is 2. The van der Waals surface area contributed by atoms with Crippen molar-refractivity contribution in [1.82, 2.24) is 5.32 Å². The predicted molar refractivity (Wildman–Crippen MR) is 85.1 cm³/mol. The van der Waals surface area contributed by atoms with Crippen LogP contribution in [-0.2, 0) is 9.53 Å². The molecule has 0 saturated heterocycles. The Hall–Kier alpha value is -1.21. The fourth-order valence-electron chi connectivity index (χ4n) is 1.33. The number of rotatable bonds is 7. The molecule has 0 aliphatic rings. The van der Waals surface area contributed by atoms with Gasteiger partial charge in [0.15, 0.2) is 0 Å². The Bertz CT molecular complexity index is 457. The summed E-state index contributed by atoms with van der Waals surface area (Å²) in [5.74, 6) is 1.23. The lowest BCUT2D eigenvalue weighted by atomic mass is 10.3. The molecule has 0 heterocycles. The van der Waals surface area contributed by atoms with Crippen LogP contribution in [0, 0.1) is 0 Å². The highest BCUT2D eigenvalue weighted by Crippen LogP contribution is 2.20. The third-order valence-electron chi connectivity index (χ3n) is 2.33. The van der Waals surface area contributed by atoms with E-state index in [0.717, 1.165) is 15.9 Å². The van der Waals surface area contributed by atoms with Crippen molar-refractivity contribution in [2.75, 3.05) is 30.5 Å². The zero-order valence-corrected chi connectivity index (χ0v) is 13.6. The number of anilines is 1. The lowest BCUT2D eigenvalue weighted by molar-refractivity contribution is -0.140. The maximum atomic E-state index is 11.6. The van der Waals surface area contributed by atoms with Crippen molar-refractivity contribution in [3.63, 3.8) is 0 Å². The van der Waals surface area contributed by atoms with E-state index in [-0.39, 0.29) is 12.0 Å². The van der Waals surface area contributed by atoms with Crippen LogP contribution in [0.1, 0.15) is 6.42 Å². The van der Waals surface area contributed by atoms with E-state index >= 15 is 0 Å². The standard InChI is InChI=1S/C13H17BrN2O3S/c1-19-12(17)6-8-20-9-7-15-13(18)16-11-5-3-2-4-10(11)14/h2-5H,6-9H2,1H3,(H2,15,16,18).